The van der Waals surface area contributed by atoms with E-state index in [1.54, 1.807) is 53.4 Å². The highest BCUT2D eigenvalue weighted by Crippen LogP contribution is 2.18. The lowest BCUT2D eigenvalue weighted by atomic mass is 10.1. The third-order valence-corrected chi connectivity index (χ3v) is 6.92. The largest absolute Gasteiger partial charge is 0.366 e. The Bertz CT molecular complexity index is 1060. The minimum Gasteiger partial charge on any atom is -0.366 e. The van der Waals surface area contributed by atoms with E-state index >= 15 is 0 Å². The molecule has 0 bridgehead atoms. The number of piperazine rings is 1. The van der Waals surface area contributed by atoms with Crippen molar-refractivity contribution in [1.82, 2.24) is 9.21 Å². The van der Waals surface area contributed by atoms with Crippen LogP contribution in [0.1, 0.15) is 23.2 Å². The number of benzene rings is 2. The van der Waals surface area contributed by atoms with E-state index in [0.717, 1.165) is 0 Å². The van der Waals surface area contributed by atoms with Crippen LogP contribution < -0.4 is 11.1 Å². The quantitative estimate of drug-likeness (QED) is 0.659. The van der Waals surface area contributed by atoms with Crippen LogP contribution in [0.3, 0.4) is 0 Å². The molecule has 0 aromatic heterocycles. The van der Waals surface area contributed by atoms with E-state index in [2.05, 4.69) is 5.32 Å². The van der Waals surface area contributed by atoms with Gasteiger partial charge < -0.3 is 16.0 Å². The minimum atomic E-state index is -3.59. The molecule has 0 spiro atoms. The molecule has 3 rings (SSSR count). The zero-order valence-electron chi connectivity index (χ0n) is 16.9. The standard InChI is InChI=1S/C21H24N4O5S/c22-21(28)17-8-4-5-9-18(17)23-19(26)10-11-20(27)24-12-14-25(15-13-24)31(29,30)16-6-2-1-3-7-16/h1-9H,10-15H2,(H2,22,28)(H,23,26). The molecule has 0 radical (unpaired) electrons. The van der Waals surface area contributed by atoms with Gasteiger partial charge in [-0.15, -0.1) is 0 Å². The van der Waals surface area contributed by atoms with E-state index in [0.29, 0.717) is 5.69 Å². The highest BCUT2D eigenvalue weighted by atomic mass is 32.2. The van der Waals surface area contributed by atoms with Crippen LogP contribution >= 0.6 is 0 Å². The highest BCUT2D eigenvalue weighted by molar-refractivity contribution is 7.89. The van der Waals surface area contributed by atoms with E-state index in [9.17, 15) is 22.8 Å². The molecule has 1 heterocycles. The van der Waals surface area contributed by atoms with Crippen molar-refractivity contribution in [3.8, 4) is 0 Å². The smallest absolute Gasteiger partial charge is 0.250 e. The summed E-state index contributed by atoms with van der Waals surface area (Å²) < 4.78 is 26.7. The summed E-state index contributed by atoms with van der Waals surface area (Å²) in [4.78, 5) is 37.9. The first kappa shape index (κ1) is 22.4. The van der Waals surface area contributed by atoms with Gasteiger partial charge in [0, 0.05) is 39.0 Å². The summed E-state index contributed by atoms with van der Waals surface area (Å²) in [6.45, 7) is 0.913. The van der Waals surface area contributed by atoms with E-state index in [4.69, 9.17) is 5.73 Å². The SMILES string of the molecule is NC(=O)c1ccccc1NC(=O)CCC(=O)N1CCN(S(=O)(=O)c2ccccc2)CC1. The maximum atomic E-state index is 12.7. The molecule has 1 fully saturated rings. The Kier molecular flexibility index (Phi) is 7.03. The lowest BCUT2D eigenvalue weighted by Crippen LogP contribution is -2.50. The predicted octanol–water partition coefficient (Wildman–Crippen LogP) is 1.04. The van der Waals surface area contributed by atoms with Crippen LogP contribution in [0.25, 0.3) is 0 Å². The molecule has 0 saturated carbocycles. The monoisotopic (exact) mass is 444 g/mol. The summed E-state index contributed by atoms with van der Waals surface area (Å²) in [6, 6.07) is 14.5. The van der Waals surface area contributed by atoms with Gasteiger partial charge in [-0.25, -0.2) is 8.42 Å². The Balaban J connectivity index is 1.49. The van der Waals surface area contributed by atoms with Crippen molar-refractivity contribution < 1.29 is 22.8 Å². The lowest BCUT2D eigenvalue weighted by Gasteiger charge is -2.34. The number of para-hydroxylation sites is 1. The van der Waals surface area contributed by atoms with Crippen LogP contribution in [0.4, 0.5) is 5.69 Å². The van der Waals surface area contributed by atoms with Gasteiger partial charge in [-0.2, -0.15) is 4.31 Å². The predicted molar refractivity (Wildman–Crippen MR) is 115 cm³/mol. The Labute approximate surface area is 180 Å². The molecule has 1 aliphatic heterocycles. The van der Waals surface area contributed by atoms with E-state index in [1.165, 1.54) is 10.4 Å². The van der Waals surface area contributed by atoms with Crippen molar-refractivity contribution in [1.29, 1.82) is 0 Å². The number of rotatable bonds is 7. The number of nitrogens with two attached hydrogens (primary N) is 1. The van der Waals surface area contributed by atoms with Gasteiger partial charge in [-0.05, 0) is 24.3 Å². The fourth-order valence-corrected chi connectivity index (χ4v) is 4.76. The van der Waals surface area contributed by atoms with E-state index < -0.39 is 21.8 Å². The first-order chi connectivity index (χ1) is 14.8. The van der Waals surface area contributed by atoms with Crippen molar-refractivity contribution in [2.24, 2.45) is 5.73 Å². The van der Waals surface area contributed by atoms with Gasteiger partial charge in [0.05, 0.1) is 16.1 Å². The zero-order valence-corrected chi connectivity index (χ0v) is 17.7. The number of carbonyl (C=O) groups is 3. The Morgan fingerprint density at radius 2 is 1.48 bits per heavy atom. The maximum absolute atomic E-state index is 12.7. The molecular weight excluding hydrogens is 420 g/mol. The van der Waals surface area contributed by atoms with E-state index in [-0.39, 0.29) is 55.4 Å². The Morgan fingerprint density at radius 1 is 0.871 bits per heavy atom. The first-order valence-electron chi connectivity index (χ1n) is 9.80. The van der Waals surface area contributed by atoms with Crippen LogP contribution in [-0.2, 0) is 19.6 Å². The van der Waals surface area contributed by atoms with Crippen LogP contribution in [0.15, 0.2) is 59.5 Å². The fourth-order valence-electron chi connectivity index (χ4n) is 3.32. The summed E-state index contributed by atoms with van der Waals surface area (Å²) in [6.07, 6.45) is -0.0789. The third-order valence-electron chi connectivity index (χ3n) is 5.00. The van der Waals surface area contributed by atoms with Gasteiger partial charge in [0.1, 0.15) is 0 Å². The molecule has 3 N–H and O–H groups in total. The second-order valence-electron chi connectivity index (χ2n) is 7.06. The van der Waals surface area contributed by atoms with Crippen molar-refractivity contribution >= 4 is 33.4 Å². The van der Waals surface area contributed by atoms with Crippen LogP contribution in [-0.4, -0.2) is 61.5 Å². The fraction of sp³-hybridized carbons (Fsp3) is 0.286. The molecule has 1 aliphatic rings. The van der Waals surface area contributed by atoms with Gasteiger partial charge in [-0.3, -0.25) is 14.4 Å². The van der Waals surface area contributed by atoms with Crippen molar-refractivity contribution in [2.75, 3.05) is 31.5 Å². The molecule has 164 valence electrons. The average molecular weight is 445 g/mol. The number of hydrogen-bond acceptors (Lipinski definition) is 5. The Hall–Kier alpha value is -3.24. The third kappa shape index (κ3) is 5.47. The van der Waals surface area contributed by atoms with Crippen LogP contribution in [0.5, 0.6) is 0 Å². The molecule has 31 heavy (non-hydrogen) atoms. The average Bonchev–Trinajstić information content (AvgIpc) is 2.78. The Morgan fingerprint density at radius 3 is 2.13 bits per heavy atom. The second kappa shape index (κ2) is 9.71. The molecule has 10 heteroatoms. The number of nitrogens with zero attached hydrogens (tertiary/aromatic N) is 2. The lowest BCUT2D eigenvalue weighted by molar-refractivity contribution is -0.133. The number of amides is 3. The molecular formula is C21H24N4O5S. The number of hydrogen-bond donors (Lipinski definition) is 2. The highest BCUT2D eigenvalue weighted by Gasteiger charge is 2.30. The van der Waals surface area contributed by atoms with Crippen LogP contribution in [0, 0.1) is 0 Å². The number of carbonyl (C=O) groups excluding carboxylic acids is 3. The maximum Gasteiger partial charge on any atom is 0.250 e. The molecule has 1 saturated heterocycles. The summed E-state index contributed by atoms with van der Waals surface area (Å²) >= 11 is 0. The number of sulfonamides is 1. The normalized spacial score (nSPS) is 14.8. The van der Waals surface area contributed by atoms with Crippen molar-refractivity contribution in [3.05, 3.63) is 60.2 Å². The minimum absolute atomic E-state index is 0.0179. The first-order valence-corrected chi connectivity index (χ1v) is 11.2. The van der Waals surface area contributed by atoms with Crippen LogP contribution in [0.2, 0.25) is 0 Å². The summed E-state index contributed by atoms with van der Waals surface area (Å²) in [5, 5.41) is 2.60. The molecule has 0 unspecified atom stereocenters. The molecule has 2 aromatic rings. The molecule has 3 amide bonds. The molecule has 9 nitrogen and oxygen atoms in total. The summed E-state index contributed by atoms with van der Waals surface area (Å²) in [5.41, 5.74) is 5.78. The van der Waals surface area contributed by atoms with Gasteiger partial charge in [0.15, 0.2) is 0 Å². The van der Waals surface area contributed by atoms with Gasteiger partial charge in [0.2, 0.25) is 21.8 Å². The van der Waals surface area contributed by atoms with Gasteiger partial charge in [0.25, 0.3) is 5.91 Å². The number of nitrogens with one attached hydrogen (secondary N) is 1. The second-order valence-corrected chi connectivity index (χ2v) is 8.99. The molecule has 0 atom stereocenters. The summed E-state index contributed by atoms with van der Waals surface area (Å²) in [5.74, 6) is -1.29. The van der Waals surface area contributed by atoms with Crippen molar-refractivity contribution in [3.63, 3.8) is 0 Å². The molecule has 2 aromatic carbocycles. The van der Waals surface area contributed by atoms with Gasteiger partial charge >= 0.3 is 0 Å². The number of primary amides is 1. The summed E-state index contributed by atoms with van der Waals surface area (Å²) in [7, 11) is -3.59. The van der Waals surface area contributed by atoms with Crippen molar-refractivity contribution in [2.45, 2.75) is 17.7 Å². The number of anilines is 1. The topological polar surface area (TPSA) is 130 Å². The van der Waals surface area contributed by atoms with Gasteiger partial charge in [-0.1, -0.05) is 30.3 Å². The van der Waals surface area contributed by atoms with E-state index in [1.807, 2.05) is 0 Å². The zero-order chi connectivity index (χ0) is 22.4. The molecule has 0 aliphatic carbocycles.